The summed E-state index contributed by atoms with van der Waals surface area (Å²) in [5.41, 5.74) is 1.87. The number of hydrogen-bond acceptors (Lipinski definition) is 4. The molecule has 0 spiro atoms. The van der Waals surface area contributed by atoms with Crippen LogP contribution in [0.1, 0.15) is 34.0 Å². The topological polar surface area (TPSA) is 67.5 Å². The number of carbonyl (C=O) groups is 1. The lowest BCUT2D eigenvalue weighted by molar-refractivity contribution is 0.101. The van der Waals surface area contributed by atoms with Crippen LogP contribution in [-0.4, -0.2) is 10.9 Å². The van der Waals surface area contributed by atoms with Gasteiger partial charge in [-0.3, -0.25) is 4.79 Å². The SMILES string of the molecule is CC(=O)c1cc2c(C)c(C)c(=O)oc2c(C)c1O. The Morgan fingerprint density at radius 2 is 1.78 bits per heavy atom. The maximum Gasteiger partial charge on any atom is 0.339 e. The molecule has 0 bridgehead atoms. The number of fused-ring (bicyclic) bond motifs is 1. The van der Waals surface area contributed by atoms with E-state index in [9.17, 15) is 14.7 Å². The summed E-state index contributed by atoms with van der Waals surface area (Å²) in [4.78, 5) is 23.1. The number of rotatable bonds is 1. The molecule has 94 valence electrons. The summed E-state index contributed by atoms with van der Waals surface area (Å²) >= 11 is 0. The lowest BCUT2D eigenvalue weighted by Gasteiger charge is -2.10. The minimum absolute atomic E-state index is 0.124. The van der Waals surface area contributed by atoms with Crippen molar-refractivity contribution in [3.8, 4) is 5.75 Å². The zero-order chi connectivity index (χ0) is 13.6. The minimum atomic E-state index is -0.418. The van der Waals surface area contributed by atoms with E-state index < -0.39 is 5.63 Å². The number of aryl methyl sites for hydroxylation is 2. The smallest absolute Gasteiger partial charge is 0.339 e. The number of Topliss-reactive ketones (excluding diaryl/α,β-unsaturated/α-hetero) is 1. The highest BCUT2D eigenvalue weighted by Gasteiger charge is 2.17. The van der Waals surface area contributed by atoms with Crippen molar-refractivity contribution in [2.75, 3.05) is 0 Å². The van der Waals surface area contributed by atoms with E-state index in [0.29, 0.717) is 22.1 Å². The van der Waals surface area contributed by atoms with E-state index in [-0.39, 0.29) is 17.1 Å². The number of phenols is 1. The second-order valence-electron chi connectivity index (χ2n) is 4.47. The summed E-state index contributed by atoms with van der Waals surface area (Å²) in [5, 5.41) is 10.6. The Bertz CT molecular complexity index is 723. The molecule has 0 fully saturated rings. The van der Waals surface area contributed by atoms with Crippen LogP contribution in [0.5, 0.6) is 5.75 Å². The van der Waals surface area contributed by atoms with Crippen LogP contribution in [0, 0.1) is 20.8 Å². The largest absolute Gasteiger partial charge is 0.507 e. The molecule has 1 N–H and O–H groups in total. The average molecular weight is 246 g/mol. The van der Waals surface area contributed by atoms with E-state index in [2.05, 4.69) is 0 Å². The fourth-order valence-corrected chi connectivity index (χ4v) is 1.99. The predicted octanol–water partition coefficient (Wildman–Crippen LogP) is 2.63. The standard InChI is InChI=1S/C14H14O4/c1-6-7(2)14(17)18-13-8(3)12(16)11(9(4)15)5-10(6)13/h5,16H,1-4H3. The van der Waals surface area contributed by atoms with Gasteiger partial charge in [-0.15, -0.1) is 0 Å². The van der Waals surface area contributed by atoms with Gasteiger partial charge in [0.1, 0.15) is 11.3 Å². The maximum atomic E-state index is 11.6. The molecule has 0 amide bonds. The van der Waals surface area contributed by atoms with Gasteiger partial charge < -0.3 is 9.52 Å². The molecule has 0 radical (unpaired) electrons. The van der Waals surface area contributed by atoms with Crippen LogP contribution in [-0.2, 0) is 0 Å². The first-order valence-electron chi connectivity index (χ1n) is 5.62. The van der Waals surface area contributed by atoms with Gasteiger partial charge in [0.2, 0.25) is 0 Å². The summed E-state index contributed by atoms with van der Waals surface area (Å²) in [6, 6.07) is 1.57. The number of hydrogen-bond donors (Lipinski definition) is 1. The monoisotopic (exact) mass is 246 g/mol. The molecule has 2 rings (SSSR count). The van der Waals surface area contributed by atoms with Gasteiger partial charge >= 0.3 is 5.63 Å². The van der Waals surface area contributed by atoms with Crippen LogP contribution < -0.4 is 5.63 Å². The van der Waals surface area contributed by atoms with Crippen LogP contribution in [0.3, 0.4) is 0 Å². The zero-order valence-corrected chi connectivity index (χ0v) is 10.7. The van der Waals surface area contributed by atoms with Crippen LogP contribution in [0.25, 0.3) is 11.0 Å². The molecule has 0 saturated carbocycles. The minimum Gasteiger partial charge on any atom is -0.507 e. The van der Waals surface area contributed by atoms with Crippen molar-refractivity contribution in [3.05, 3.63) is 38.7 Å². The quantitative estimate of drug-likeness (QED) is 0.620. The molecule has 0 aliphatic carbocycles. The van der Waals surface area contributed by atoms with Gasteiger partial charge in [-0.05, 0) is 39.3 Å². The summed E-state index contributed by atoms with van der Waals surface area (Å²) < 4.78 is 5.19. The first-order valence-corrected chi connectivity index (χ1v) is 5.62. The van der Waals surface area contributed by atoms with Gasteiger partial charge in [0.05, 0.1) is 5.56 Å². The highest BCUT2D eigenvalue weighted by Crippen LogP contribution is 2.32. The highest BCUT2D eigenvalue weighted by atomic mass is 16.4. The summed E-state index contributed by atoms with van der Waals surface area (Å²) in [6.45, 7) is 6.49. The molecule has 2 aromatic rings. The van der Waals surface area contributed by atoms with E-state index in [4.69, 9.17) is 4.42 Å². The first-order chi connectivity index (χ1) is 8.34. The molecule has 1 aromatic heterocycles. The van der Waals surface area contributed by atoms with Crippen molar-refractivity contribution < 1.29 is 14.3 Å². The molecule has 1 heterocycles. The van der Waals surface area contributed by atoms with Crippen molar-refractivity contribution in [3.63, 3.8) is 0 Å². The summed E-state index contributed by atoms with van der Waals surface area (Å²) in [7, 11) is 0. The van der Waals surface area contributed by atoms with Gasteiger partial charge in [-0.25, -0.2) is 4.79 Å². The number of phenolic OH excluding ortho intramolecular Hbond substituents is 1. The molecule has 0 aliphatic rings. The molecule has 0 unspecified atom stereocenters. The van der Waals surface area contributed by atoms with Gasteiger partial charge in [0.15, 0.2) is 5.78 Å². The normalized spacial score (nSPS) is 10.9. The Balaban J connectivity index is 3.05. The van der Waals surface area contributed by atoms with Crippen LogP contribution >= 0.6 is 0 Å². The number of carbonyl (C=O) groups excluding carboxylic acids is 1. The predicted molar refractivity (Wildman–Crippen MR) is 68.4 cm³/mol. The first kappa shape index (κ1) is 12.4. The fraction of sp³-hybridized carbons (Fsp3) is 0.286. The fourth-order valence-electron chi connectivity index (χ4n) is 1.99. The molecule has 0 saturated heterocycles. The van der Waals surface area contributed by atoms with Crippen LogP contribution in [0.2, 0.25) is 0 Å². The third-order valence-corrected chi connectivity index (χ3v) is 3.33. The lowest BCUT2D eigenvalue weighted by atomic mass is 9.98. The summed E-state index contributed by atoms with van der Waals surface area (Å²) in [6.07, 6.45) is 0. The third kappa shape index (κ3) is 1.61. The van der Waals surface area contributed by atoms with Crippen molar-refractivity contribution in [2.24, 2.45) is 0 Å². The van der Waals surface area contributed by atoms with Crippen LogP contribution in [0.15, 0.2) is 15.3 Å². The van der Waals surface area contributed by atoms with Crippen molar-refractivity contribution in [1.82, 2.24) is 0 Å². The molecular weight excluding hydrogens is 232 g/mol. The Morgan fingerprint density at radius 3 is 2.33 bits per heavy atom. The Hall–Kier alpha value is -2.10. The van der Waals surface area contributed by atoms with Crippen LogP contribution in [0.4, 0.5) is 0 Å². The number of aromatic hydroxyl groups is 1. The Morgan fingerprint density at radius 1 is 1.17 bits per heavy atom. The maximum absolute atomic E-state index is 11.6. The molecule has 0 aliphatic heterocycles. The molecule has 0 atom stereocenters. The number of ketones is 1. The summed E-state index contributed by atoms with van der Waals surface area (Å²) in [5.74, 6) is -0.345. The van der Waals surface area contributed by atoms with E-state index in [1.54, 1.807) is 26.8 Å². The van der Waals surface area contributed by atoms with E-state index in [1.807, 2.05) is 0 Å². The van der Waals surface area contributed by atoms with Crippen molar-refractivity contribution >= 4 is 16.8 Å². The van der Waals surface area contributed by atoms with Gasteiger partial charge in [-0.2, -0.15) is 0 Å². The van der Waals surface area contributed by atoms with Gasteiger partial charge in [0.25, 0.3) is 0 Å². The van der Waals surface area contributed by atoms with E-state index in [0.717, 1.165) is 5.56 Å². The van der Waals surface area contributed by atoms with E-state index >= 15 is 0 Å². The third-order valence-electron chi connectivity index (χ3n) is 3.33. The highest BCUT2D eigenvalue weighted by molar-refractivity contribution is 6.02. The molecule has 4 nitrogen and oxygen atoms in total. The molecular formula is C14H14O4. The lowest BCUT2D eigenvalue weighted by Crippen LogP contribution is -2.07. The Labute approximate surface area is 104 Å². The second kappa shape index (κ2) is 3.98. The number of benzene rings is 1. The molecule has 1 aromatic carbocycles. The molecule has 18 heavy (non-hydrogen) atoms. The van der Waals surface area contributed by atoms with E-state index in [1.165, 1.54) is 6.92 Å². The van der Waals surface area contributed by atoms with Gasteiger partial charge in [-0.1, -0.05) is 0 Å². The van der Waals surface area contributed by atoms with Crippen molar-refractivity contribution in [1.29, 1.82) is 0 Å². The molecule has 4 heteroatoms. The Kier molecular flexibility index (Phi) is 2.73. The van der Waals surface area contributed by atoms with Crippen molar-refractivity contribution in [2.45, 2.75) is 27.7 Å². The second-order valence-corrected chi connectivity index (χ2v) is 4.47. The zero-order valence-electron chi connectivity index (χ0n) is 10.7. The van der Waals surface area contributed by atoms with Gasteiger partial charge in [0, 0.05) is 16.5 Å². The average Bonchev–Trinajstić information content (AvgIpc) is 2.31.